The van der Waals surface area contributed by atoms with Crippen molar-refractivity contribution >= 4 is 33.9 Å². The fourth-order valence-corrected chi connectivity index (χ4v) is 4.79. The smallest absolute Gasteiger partial charge is 0.174 e. The van der Waals surface area contributed by atoms with E-state index in [1.807, 2.05) is 11.6 Å². The van der Waals surface area contributed by atoms with Crippen molar-refractivity contribution in [1.82, 2.24) is 19.7 Å². The minimum Gasteiger partial charge on any atom is -0.356 e. The molecule has 158 valence electrons. The molecule has 3 heterocycles. The Kier molecular flexibility index (Phi) is 4.98. The molecule has 4 aromatic rings. The Balaban J connectivity index is 1.59. The van der Waals surface area contributed by atoms with Gasteiger partial charge in [0, 0.05) is 47.1 Å². The van der Waals surface area contributed by atoms with Gasteiger partial charge in [0.2, 0.25) is 0 Å². The van der Waals surface area contributed by atoms with E-state index in [0.717, 1.165) is 47.7 Å². The highest BCUT2D eigenvalue weighted by molar-refractivity contribution is 7.80. The number of hydrogen-bond acceptors (Lipinski definition) is 2. The number of aromatic amines is 1. The third kappa shape index (κ3) is 3.49. The van der Waals surface area contributed by atoms with Gasteiger partial charge in [-0.15, -0.1) is 0 Å². The van der Waals surface area contributed by atoms with Crippen LogP contribution in [0, 0.1) is 12.7 Å². The molecule has 0 spiro atoms. The molecule has 7 heteroatoms. The number of H-pyrrole nitrogens is 1. The van der Waals surface area contributed by atoms with E-state index >= 15 is 0 Å². The summed E-state index contributed by atoms with van der Waals surface area (Å²) in [6.07, 6.45) is 3.01. The molecule has 0 radical (unpaired) electrons. The van der Waals surface area contributed by atoms with E-state index < -0.39 is 0 Å². The van der Waals surface area contributed by atoms with Crippen LogP contribution in [0.1, 0.15) is 35.5 Å². The van der Waals surface area contributed by atoms with E-state index in [1.165, 1.54) is 23.1 Å². The van der Waals surface area contributed by atoms with Crippen LogP contribution in [0.2, 0.25) is 0 Å². The molecule has 0 unspecified atom stereocenters. The number of benzene rings is 2. The lowest BCUT2D eigenvalue weighted by Crippen LogP contribution is -2.43. The zero-order valence-electron chi connectivity index (χ0n) is 17.5. The number of thiocarbonyl (C=S) groups is 1. The number of nitrogens with one attached hydrogen (secondary N) is 2. The molecule has 1 atom stereocenters. The summed E-state index contributed by atoms with van der Waals surface area (Å²) >= 11 is 5.83. The molecule has 1 aliphatic heterocycles. The van der Waals surface area contributed by atoms with E-state index in [1.54, 1.807) is 12.1 Å². The second-order valence-corrected chi connectivity index (χ2v) is 8.26. The van der Waals surface area contributed by atoms with Crippen LogP contribution in [-0.4, -0.2) is 31.3 Å². The van der Waals surface area contributed by atoms with Gasteiger partial charge < -0.3 is 15.2 Å². The molecule has 0 fully saturated rings. The highest BCUT2D eigenvalue weighted by Gasteiger charge is 2.35. The van der Waals surface area contributed by atoms with Crippen LogP contribution in [0.25, 0.3) is 10.9 Å². The highest BCUT2D eigenvalue weighted by atomic mass is 32.1. The first-order valence-electron chi connectivity index (χ1n) is 10.5. The van der Waals surface area contributed by atoms with Gasteiger partial charge in [-0.25, -0.2) is 4.39 Å². The van der Waals surface area contributed by atoms with Gasteiger partial charge >= 0.3 is 0 Å². The Morgan fingerprint density at radius 3 is 2.74 bits per heavy atom. The van der Waals surface area contributed by atoms with Crippen molar-refractivity contribution in [2.24, 2.45) is 0 Å². The Bertz CT molecular complexity index is 1260. The first kappa shape index (κ1) is 19.8. The number of anilines is 1. The standard InChI is InChI=1S/C24H24FN5S/c1-3-29-14-20(15(2)28-29)23-22-19(18-6-4-5-7-21(18)27-22)12-13-30(23)24(31)26-17-10-8-16(25)9-11-17/h4-11,14,23,27H,3,12-13H2,1-2H3,(H,26,31)/t23-/m1/s1. The number of fused-ring (bicyclic) bond motifs is 3. The first-order chi connectivity index (χ1) is 15.0. The van der Waals surface area contributed by atoms with Crippen molar-refractivity contribution in [2.45, 2.75) is 32.9 Å². The molecular weight excluding hydrogens is 409 g/mol. The second kappa shape index (κ2) is 7.81. The van der Waals surface area contributed by atoms with Crippen LogP contribution in [-0.2, 0) is 13.0 Å². The SMILES string of the molecule is CCn1cc([C@@H]2c3[nH]c4ccccc4c3CCN2C(=S)Nc2ccc(F)cc2)c(C)n1. The quantitative estimate of drug-likeness (QED) is 0.437. The summed E-state index contributed by atoms with van der Waals surface area (Å²) in [6.45, 7) is 5.73. The molecule has 0 saturated carbocycles. The van der Waals surface area contributed by atoms with Gasteiger partial charge in [0.1, 0.15) is 11.9 Å². The third-order valence-corrected chi connectivity index (χ3v) is 6.33. The average molecular weight is 434 g/mol. The number of aryl methyl sites for hydroxylation is 2. The van der Waals surface area contributed by atoms with Gasteiger partial charge in [0.15, 0.2) is 5.11 Å². The van der Waals surface area contributed by atoms with E-state index in [2.05, 4.69) is 57.7 Å². The van der Waals surface area contributed by atoms with Crippen LogP contribution in [0.4, 0.5) is 10.1 Å². The number of aromatic nitrogens is 3. The van der Waals surface area contributed by atoms with E-state index in [0.29, 0.717) is 5.11 Å². The summed E-state index contributed by atoms with van der Waals surface area (Å²) in [5.74, 6) is -0.266. The predicted octanol–water partition coefficient (Wildman–Crippen LogP) is 5.18. The molecule has 0 amide bonds. The minimum absolute atomic E-state index is 0.0723. The zero-order valence-corrected chi connectivity index (χ0v) is 18.3. The van der Waals surface area contributed by atoms with Crippen molar-refractivity contribution in [3.8, 4) is 0 Å². The summed E-state index contributed by atoms with van der Waals surface area (Å²) in [6, 6.07) is 14.6. The Morgan fingerprint density at radius 1 is 1.23 bits per heavy atom. The molecule has 0 aliphatic carbocycles. The molecule has 0 bridgehead atoms. The summed E-state index contributed by atoms with van der Waals surface area (Å²) in [4.78, 5) is 5.87. The van der Waals surface area contributed by atoms with Crippen molar-refractivity contribution in [3.05, 3.63) is 83.1 Å². The van der Waals surface area contributed by atoms with Crippen molar-refractivity contribution in [1.29, 1.82) is 0 Å². The van der Waals surface area contributed by atoms with Gasteiger partial charge in [-0.1, -0.05) is 18.2 Å². The normalized spacial score (nSPS) is 15.8. The molecular formula is C24H24FN5S. The lowest BCUT2D eigenvalue weighted by atomic mass is 9.93. The molecule has 2 aromatic heterocycles. The van der Waals surface area contributed by atoms with Gasteiger partial charge in [-0.2, -0.15) is 5.10 Å². The molecule has 0 saturated heterocycles. The number of para-hydroxylation sites is 1. The minimum atomic E-state index is -0.266. The lowest BCUT2D eigenvalue weighted by Gasteiger charge is -2.37. The highest BCUT2D eigenvalue weighted by Crippen LogP contribution is 2.39. The summed E-state index contributed by atoms with van der Waals surface area (Å²) in [7, 11) is 0. The van der Waals surface area contributed by atoms with Crippen molar-refractivity contribution in [3.63, 3.8) is 0 Å². The van der Waals surface area contributed by atoms with Crippen LogP contribution >= 0.6 is 12.2 Å². The zero-order chi connectivity index (χ0) is 21.5. The number of rotatable bonds is 3. The molecule has 5 nitrogen and oxygen atoms in total. The van der Waals surface area contributed by atoms with E-state index in [4.69, 9.17) is 12.2 Å². The van der Waals surface area contributed by atoms with Crippen molar-refractivity contribution in [2.75, 3.05) is 11.9 Å². The molecule has 31 heavy (non-hydrogen) atoms. The van der Waals surface area contributed by atoms with E-state index in [9.17, 15) is 4.39 Å². The van der Waals surface area contributed by atoms with Crippen LogP contribution < -0.4 is 5.32 Å². The van der Waals surface area contributed by atoms with Gasteiger partial charge in [-0.05, 0) is 68.4 Å². The Labute approximate surface area is 185 Å². The second-order valence-electron chi connectivity index (χ2n) is 7.87. The molecule has 5 rings (SSSR count). The van der Waals surface area contributed by atoms with Gasteiger partial charge in [0.25, 0.3) is 0 Å². The van der Waals surface area contributed by atoms with Crippen molar-refractivity contribution < 1.29 is 4.39 Å². The summed E-state index contributed by atoms with van der Waals surface area (Å²) in [5, 5.41) is 9.86. The Hall–Kier alpha value is -3.19. The number of halogens is 1. The largest absolute Gasteiger partial charge is 0.356 e. The predicted molar refractivity (Wildman–Crippen MR) is 126 cm³/mol. The lowest BCUT2D eigenvalue weighted by molar-refractivity contribution is 0.338. The van der Waals surface area contributed by atoms with Crippen LogP contribution in [0.15, 0.2) is 54.7 Å². The van der Waals surface area contributed by atoms with Crippen LogP contribution in [0.3, 0.4) is 0 Å². The number of nitrogens with zero attached hydrogens (tertiary/aromatic N) is 3. The fraction of sp³-hybridized carbons (Fsp3) is 0.250. The summed E-state index contributed by atoms with van der Waals surface area (Å²) in [5.41, 5.74) is 6.54. The first-order valence-corrected chi connectivity index (χ1v) is 10.9. The topological polar surface area (TPSA) is 48.9 Å². The Morgan fingerprint density at radius 2 is 2.00 bits per heavy atom. The maximum atomic E-state index is 13.3. The molecule has 2 N–H and O–H groups in total. The third-order valence-electron chi connectivity index (χ3n) is 5.99. The summed E-state index contributed by atoms with van der Waals surface area (Å²) < 4.78 is 15.3. The monoisotopic (exact) mass is 433 g/mol. The maximum Gasteiger partial charge on any atom is 0.174 e. The number of hydrogen-bond donors (Lipinski definition) is 2. The van der Waals surface area contributed by atoms with Gasteiger partial charge in [0.05, 0.1) is 5.69 Å². The van der Waals surface area contributed by atoms with Crippen LogP contribution in [0.5, 0.6) is 0 Å². The maximum absolute atomic E-state index is 13.3. The average Bonchev–Trinajstić information content (AvgIpc) is 3.34. The van der Waals surface area contributed by atoms with Gasteiger partial charge in [-0.3, -0.25) is 4.68 Å². The molecule has 2 aromatic carbocycles. The molecule has 1 aliphatic rings. The fourth-order valence-electron chi connectivity index (χ4n) is 4.48. The van der Waals surface area contributed by atoms with E-state index in [-0.39, 0.29) is 11.9 Å².